The van der Waals surface area contributed by atoms with E-state index in [0.717, 1.165) is 0 Å². The lowest BCUT2D eigenvalue weighted by molar-refractivity contribution is -0.302. The molecule has 1 unspecified atom stereocenters. The number of hydrogen-bond donors (Lipinski definition) is 2. The van der Waals surface area contributed by atoms with Crippen LogP contribution in [0.3, 0.4) is 0 Å². The van der Waals surface area contributed by atoms with Crippen molar-refractivity contribution in [3.8, 4) is 0 Å². The topological polar surface area (TPSA) is 94.5 Å². The molecule has 0 amide bonds. The fourth-order valence-electron chi connectivity index (χ4n) is 6.09. The minimum atomic E-state index is -1.06. The van der Waals surface area contributed by atoms with Crippen molar-refractivity contribution in [1.29, 1.82) is 0 Å². The maximum absolute atomic E-state index is 13.1. The van der Waals surface area contributed by atoms with Crippen molar-refractivity contribution >= 4 is 5.97 Å². The minimum Gasteiger partial charge on any atom is -0.455 e. The molecule has 1 aliphatic carbocycles. The van der Waals surface area contributed by atoms with Gasteiger partial charge in [0, 0.05) is 25.0 Å². The van der Waals surface area contributed by atoms with Gasteiger partial charge in [-0.2, -0.15) is 0 Å². The van der Waals surface area contributed by atoms with Crippen LogP contribution in [0.5, 0.6) is 0 Å². The first-order chi connectivity index (χ1) is 13.4. The van der Waals surface area contributed by atoms with E-state index in [1.54, 1.807) is 0 Å². The molecule has 3 aliphatic rings. The zero-order valence-corrected chi connectivity index (χ0v) is 18.4. The number of methoxy groups -OCH3 is 1. The van der Waals surface area contributed by atoms with Gasteiger partial charge in [-0.05, 0) is 32.6 Å². The first-order valence-corrected chi connectivity index (χ1v) is 10.4. The summed E-state index contributed by atoms with van der Waals surface area (Å²) in [7, 11) is 1.48. The molecule has 0 bridgehead atoms. The Labute approximate surface area is 173 Å². The standard InChI is InChI=1S/C22H36O7/c1-8-15(26-7)17(24)16-14-10-19(3,4)22(14,28-18(16)25)21(9-13(2)11-23)12-27-20(5,6)29-21/h8,13-17,23-24H,1,9-12H2,2-7H3/t13-,14-,15-,16+,17+,21?,22+/m0/s1. The lowest BCUT2D eigenvalue weighted by atomic mass is 9.44. The molecule has 2 aliphatic heterocycles. The van der Waals surface area contributed by atoms with Crippen molar-refractivity contribution in [2.45, 2.75) is 76.7 Å². The molecule has 1 saturated carbocycles. The number of esters is 1. The van der Waals surface area contributed by atoms with Gasteiger partial charge >= 0.3 is 5.97 Å². The zero-order chi connectivity index (χ0) is 21.8. The highest BCUT2D eigenvalue weighted by molar-refractivity contribution is 5.78. The van der Waals surface area contributed by atoms with Crippen molar-refractivity contribution in [1.82, 2.24) is 0 Å². The lowest BCUT2D eigenvalue weighted by Gasteiger charge is -2.64. The molecule has 0 aromatic rings. The number of aliphatic hydroxyl groups is 2. The highest BCUT2D eigenvalue weighted by atomic mass is 16.8. The van der Waals surface area contributed by atoms with Crippen LogP contribution < -0.4 is 0 Å². The molecule has 166 valence electrons. The molecule has 2 N–H and O–H groups in total. The van der Waals surface area contributed by atoms with Gasteiger partial charge in [0.1, 0.15) is 11.7 Å². The van der Waals surface area contributed by atoms with E-state index in [1.165, 1.54) is 13.2 Å². The van der Waals surface area contributed by atoms with Crippen molar-refractivity contribution in [2.24, 2.45) is 23.2 Å². The summed E-state index contributed by atoms with van der Waals surface area (Å²) in [5.41, 5.74) is -2.25. The van der Waals surface area contributed by atoms with Gasteiger partial charge in [-0.1, -0.05) is 26.8 Å². The van der Waals surface area contributed by atoms with Crippen molar-refractivity contribution in [3.05, 3.63) is 12.7 Å². The predicted octanol–water partition coefficient (Wildman–Crippen LogP) is 2.05. The van der Waals surface area contributed by atoms with Crippen LogP contribution in [0.15, 0.2) is 12.7 Å². The quantitative estimate of drug-likeness (QED) is 0.465. The Hall–Kier alpha value is -0.990. The minimum absolute atomic E-state index is 0.00503. The third-order valence-electron chi connectivity index (χ3n) is 7.19. The van der Waals surface area contributed by atoms with Crippen LogP contribution in [0, 0.1) is 23.2 Å². The summed E-state index contributed by atoms with van der Waals surface area (Å²) in [6, 6.07) is 0. The maximum atomic E-state index is 13.1. The largest absolute Gasteiger partial charge is 0.455 e. The normalized spacial score (nSPS) is 40.5. The molecule has 7 nitrogen and oxygen atoms in total. The van der Waals surface area contributed by atoms with Gasteiger partial charge in [0.2, 0.25) is 0 Å². The van der Waals surface area contributed by atoms with Crippen LogP contribution in [0.4, 0.5) is 0 Å². The molecule has 0 aromatic carbocycles. The number of rotatable bonds is 8. The SMILES string of the molecule is C=C[C@H](OC)[C@@H](O)[C@@H]1C(=O)O[C@]2(C3(C[C@H](C)CO)COC(C)(C)O3)[C@H]1CC2(C)C. The summed E-state index contributed by atoms with van der Waals surface area (Å²) in [4.78, 5) is 13.1. The third-order valence-corrected chi connectivity index (χ3v) is 7.19. The second-order valence-corrected chi connectivity index (χ2v) is 10.1. The van der Waals surface area contributed by atoms with Crippen LogP contribution >= 0.6 is 0 Å². The van der Waals surface area contributed by atoms with Crippen molar-refractivity contribution in [2.75, 3.05) is 20.3 Å². The van der Waals surface area contributed by atoms with E-state index in [9.17, 15) is 15.0 Å². The molecule has 2 heterocycles. The molecule has 2 saturated heterocycles. The molecule has 3 rings (SSSR count). The molecule has 0 aromatic heterocycles. The van der Waals surface area contributed by atoms with Crippen LogP contribution in [0.2, 0.25) is 0 Å². The van der Waals surface area contributed by atoms with Crippen LogP contribution in [0.1, 0.15) is 47.5 Å². The molecule has 29 heavy (non-hydrogen) atoms. The van der Waals surface area contributed by atoms with E-state index in [4.69, 9.17) is 18.9 Å². The summed E-state index contributed by atoms with van der Waals surface area (Å²) in [6.07, 6.45) is 0.960. The van der Waals surface area contributed by atoms with Crippen molar-refractivity contribution in [3.63, 3.8) is 0 Å². The predicted molar refractivity (Wildman–Crippen MR) is 106 cm³/mol. The number of ether oxygens (including phenoxy) is 4. The second-order valence-electron chi connectivity index (χ2n) is 10.1. The molecule has 7 heteroatoms. The fourth-order valence-corrected chi connectivity index (χ4v) is 6.09. The monoisotopic (exact) mass is 412 g/mol. The summed E-state index contributed by atoms with van der Waals surface area (Å²) in [5, 5.41) is 20.7. The van der Waals surface area contributed by atoms with Gasteiger partial charge in [-0.15, -0.1) is 6.58 Å². The molecular formula is C22H36O7. The fraction of sp³-hybridized carbons (Fsp3) is 0.864. The Morgan fingerprint density at radius 3 is 2.45 bits per heavy atom. The second kappa shape index (κ2) is 7.31. The highest BCUT2D eigenvalue weighted by Crippen LogP contribution is 2.70. The van der Waals surface area contributed by atoms with E-state index < -0.39 is 41.1 Å². The summed E-state index contributed by atoms with van der Waals surface area (Å²) in [5.74, 6) is -2.33. The Kier molecular flexibility index (Phi) is 5.72. The first-order valence-electron chi connectivity index (χ1n) is 10.4. The number of carbonyl (C=O) groups excluding carboxylic acids is 1. The molecule has 0 spiro atoms. The summed E-state index contributed by atoms with van der Waals surface area (Å²) >= 11 is 0. The average molecular weight is 413 g/mol. The molecule has 7 atom stereocenters. The highest BCUT2D eigenvalue weighted by Gasteiger charge is 2.81. The first kappa shape index (κ1) is 22.7. The van der Waals surface area contributed by atoms with Gasteiger partial charge < -0.3 is 29.2 Å². The van der Waals surface area contributed by atoms with Crippen molar-refractivity contribution < 1.29 is 34.0 Å². The number of aliphatic hydroxyl groups excluding tert-OH is 2. The average Bonchev–Trinajstić information content (AvgIpc) is 3.08. The van der Waals surface area contributed by atoms with Crippen LogP contribution in [-0.2, 0) is 23.7 Å². The molecule has 3 fully saturated rings. The Bertz CT molecular complexity index is 660. The lowest BCUT2D eigenvalue weighted by Crippen LogP contribution is -2.75. The van der Waals surface area contributed by atoms with E-state index in [1.807, 2.05) is 20.8 Å². The maximum Gasteiger partial charge on any atom is 0.312 e. The van der Waals surface area contributed by atoms with E-state index in [2.05, 4.69) is 20.4 Å². The van der Waals surface area contributed by atoms with Gasteiger partial charge in [0.05, 0.1) is 18.6 Å². The van der Waals surface area contributed by atoms with Crippen LogP contribution in [-0.4, -0.2) is 65.7 Å². The Morgan fingerprint density at radius 1 is 1.34 bits per heavy atom. The molecule has 0 radical (unpaired) electrons. The van der Waals surface area contributed by atoms with Gasteiger partial charge in [0.15, 0.2) is 11.4 Å². The van der Waals surface area contributed by atoms with Gasteiger partial charge in [-0.3, -0.25) is 4.79 Å². The van der Waals surface area contributed by atoms with Gasteiger partial charge in [0.25, 0.3) is 0 Å². The molecular weight excluding hydrogens is 376 g/mol. The summed E-state index contributed by atoms with van der Waals surface area (Å²) < 4.78 is 24.0. The number of carbonyl (C=O) groups is 1. The smallest absolute Gasteiger partial charge is 0.312 e. The third kappa shape index (κ3) is 3.17. The summed E-state index contributed by atoms with van der Waals surface area (Å²) in [6.45, 7) is 13.7. The van der Waals surface area contributed by atoms with E-state index >= 15 is 0 Å². The van der Waals surface area contributed by atoms with Crippen LogP contribution in [0.25, 0.3) is 0 Å². The van der Waals surface area contributed by atoms with E-state index in [-0.39, 0.29) is 30.5 Å². The van der Waals surface area contributed by atoms with E-state index in [0.29, 0.717) is 12.8 Å². The zero-order valence-electron chi connectivity index (χ0n) is 18.4. The number of hydrogen-bond acceptors (Lipinski definition) is 7. The Balaban J connectivity index is 2.06. The van der Waals surface area contributed by atoms with Gasteiger partial charge in [-0.25, -0.2) is 0 Å². The number of fused-ring (bicyclic) bond motifs is 1. The Morgan fingerprint density at radius 2 is 2.00 bits per heavy atom.